The summed E-state index contributed by atoms with van der Waals surface area (Å²) in [4.78, 5) is 18.7. The van der Waals surface area contributed by atoms with Crippen molar-refractivity contribution in [1.82, 2.24) is 30.1 Å². The van der Waals surface area contributed by atoms with Gasteiger partial charge in [0.15, 0.2) is 17.3 Å². The van der Waals surface area contributed by atoms with Crippen molar-refractivity contribution < 1.29 is 14.2 Å². The number of H-pyrrole nitrogens is 1. The molecule has 1 atom stereocenters. The molecule has 1 aromatic carbocycles. The van der Waals surface area contributed by atoms with Crippen LogP contribution in [0.15, 0.2) is 23.0 Å². The van der Waals surface area contributed by atoms with E-state index in [9.17, 15) is 4.79 Å². The zero-order chi connectivity index (χ0) is 24.8. The van der Waals surface area contributed by atoms with E-state index >= 15 is 0 Å². The number of hydrogen-bond acceptors (Lipinski definition) is 8. The van der Waals surface area contributed by atoms with E-state index in [1.807, 2.05) is 16.8 Å². The van der Waals surface area contributed by atoms with Gasteiger partial charge in [0.05, 0.1) is 38.9 Å². The van der Waals surface area contributed by atoms with Gasteiger partial charge in [0, 0.05) is 36.7 Å². The molecule has 1 aliphatic carbocycles. The van der Waals surface area contributed by atoms with E-state index in [1.165, 1.54) is 19.3 Å². The van der Waals surface area contributed by atoms with Gasteiger partial charge in [-0.1, -0.05) is 26.2 Å². The standard InChI is InChI=1S/C25H36N6O4/c1-5-21(24-27-28-29-31(24)11-12-33-2)30(19-9-7-6-8-10-19)16-18-13-17-14-22(34-3)23(35-4)15-20(17)26-25(18)32/h13-15,19,21H,5-12,16H2,1-4H3,(H,26,32)/t21-/m0/s1. The summed E-state index contributed by atoms with van der Waals surface area (Å²) in [7, 11) is 4.87. The summed E-state index contributed by atoms with van der Waals surface area (Å²) in [5, 5.41) is 13.5. The Labute approximate surface area is 205 Å². The van der Waals surface area contributed by atoms with E-state index in [1.54, 1.807) is 27.4 Å². The highest BCUT2D eigenvalue weighted by Crippen LogP contribution is 2.34. The van der Waals surface area contributed by atoms with Gasteiger partial charge in [-0.25, -0.2) is 4.68 Å². The highest BCUT2D eigenvalue weighted by Gasteiger charge is 2.32. The summed E-state index contributed by atoms with van der Waals surface area (Å²) in [6, 6.07) is 6.03. The summed E-state index contributed by atoms with van der Waals surface area (Å²) in [5.41, 5.74) is 1.33. The van der Waals surface area contributed by atoms with Crippen LogP contribution in [0.3, 0.4) is 0 Å². The predicted molar refractivity (Wildman–Crippen MR) is 133 cm³/mol. The molecule has 0 spiro atoms. The number of pyridine rings is 1. The second-order valence-electron chi connectivity index (χ2n) is 9.06. The summed E-state index contributed by atoms with van der Waals surface area (Å²) < 4.78 is 18.0. The van der Waals surface area contributed by atoms with Crippen LogP contribution in [-0.4, -0.2) is 64.1 Å². The van der Waals surface area contributed by atoms with Crippen molar-refractivity contribution in [3.8, 4) is 11.5 Å². The lowest BCUT2D eigenvalue weighted by Gasteiger charge is -2.39. The molecule has 4 rings (SSSR count). The molecule has 1 N–H and O–H groups in total. The Balaban J connectivity index is 1.72. The van der Waals surface area contributed by atoms with E-state index in [0.717, 1.165) is 36.0 Å². The topological polar surface area (TPSA) is 107 Å². The number of aromatic nitrogens is 5. The van der Waals surface area contributed by atoms with Gasteiger partial charge >= 0.3 is 0 Å². The number of aromatic amines is 1. The van der Waals surface area contributed by atoms with E-state index in [2.05, 4.69) is 32.3 Å². The Morgan fingerprint density at radius 2 is 1.86 bits per heavy atom. The first-order valence-electron chi connectivity index (χ1n) is 12.4. The molecule has 3 aromatic rings. The molecule has 190 valence electrons. The quantitative estimate of drug-likeness (QED) is 0.441. The minimum absolute atomic E-state index is 0.00884. The monoisotopic (exact) mass is 484 g/mol. The zero-order valence-electron chi connectivity index (χ0n) is 21.1. The average Bonchev–Trinajstić information content (AvgIpc) is 3.35. The van der Waals surface area contributed by atoms with E-state index in [-0.39, 0.29) is 11.6 Å². The number of fused-ring (bicyclic) bond motifs is 1. The van der Waals surface area contributed by atoms with E-state index < -0.39 is 0 Å². The van der Waals surface area contributed by atoms with Crippen LogP contribution in [0.4, 0.5) is 0 Å². The van der Waals surface area contributed by atoms with Gasteiger partial charge in [-0.2, -0.15) is 0 Å². The van der Waals surface area contributed by atoms with Gasteiger partial charge in [-0.05, 0) is 41.8 Å². The minimum Gasteiger partial charge on any atom is -0.493 e. The Morgan fingerprint density at radius 1 is 1.11 bits per heavy atom. The molecule has 10 nitrogen and oxygen atoms in total. The summed E-state index contributed by atoms with van der Waals surface area (Å²) in [6.07, 6.45) is 6.68. The van der Waals surface area contributed by atoms with Crippen LogP contribution >= 0.6 is 0 Å². The van der Waals surface area contributed by atoms with Crippen LogP contribution in [0.25, 0.3) is 10.9 Å². The molecule has 0 amide bonds. The van der Waals surface area contributed by atoms with Gasteiger partial charge in [-0.3, -0.25) is 9.69 Å². The fourth-order valence-electron chi connectivity index (χ4n) is 5.15. The Bertz CT molecular complexity index is 1170. The highest BCUT2D eigenvalue weighted by molar-refractivity contribution is 5.83. The molecule has 1 fully saturated rings. The smallest absolute Gasteiger partial charge is 0.252 e. The number of hydrogen-bond donors (Lipinski definition) is 1. The van der Waals surface area contributed by atoms with Gasteiger partial charge < -0.3 is 19.2 Å². The van der Waals surface area contributed by atoms with E-state index in [4.69, 9.17) is 14.2 Å². The number of nitrogens with zero attached hydrogens (tertiary/aromatic N) is 5. The lowest BCUT2D eigenvalue weighted by Crippen LogP contribution is -2.41. The molecule has 10 heteroatoms. The van der Waals surface area contributed by atoms with Crippen molar-refractivity contribution >= 4 is 10.9 Å². The van der Waals surface area contributed by atoms with Crippen molar-refractivity contribution in [2.45, 2.75) is 70.6 Å². The van der Waals surface area contributed by atoms with Crippen molar-refractivity contribution in [3.63, 3.8) is 0 Å². The molecule has 35 heavy (non-hydrogen) atoms. The van der Waals surface area contributed by atoms with Crippen molar-refractivity contribution in [1.29, 1.82) is 0 Å². The third-order valence-corrected chi connectivity index (χ3v) is 6.97. The second kappa shape index (κ2) is 11.6. The lowest BCUT2D eigenvalue weighted by atomic mass is 9.92. The van der Waals surface area contributed by atoms with Crippen molar-refractivity contribution in [2.75, 3.05) is 27.9 Å². The number of benzene rings is 1. The number of nitrogens with one attached hydrogen (secondary N) is 1. The van der Waals surface area contributed by atoms with Crippen LogP contribution in [0, 0.1) is 0 Å². The Hall–Kier alpha value is -2.98. The SMILES string of the molecule is CC[C@@H](c1nnnn1CCOC)N(Cc1cc2cc(OC)c(OC)cc2[nH]c1=O)C1CCCCC1. The van der Waals surface area contributed by atoms with Gasteiger partial charge in [0.1, 0.15) is 0 Å². The first kappa shape index (κ1) is 25.1. The molecular weight excluding hydrogens is 448 g/mol. The van der Waals surface area contributed by atoms with E-state index in [0.29, 0.717) is 42.8 Å². The third kappa shape index (κ3) is 5.48. The molecule has 1 aliphatic rings. The van der Waals surface area contributed by atoms with Gasteiger partial charge in [0.25, 0.3) is 5.56 Å². The molecule has 2 heterocycles. The normalized spacial score (nSPS) is 15.6. The zero-order valence-corrected chi connectivity index (χ0v) is 21.1. The lowest BCUT2D eigenvalue weighted by molar-refractivity contribution is 0.0826. The second-order valence-corrected chi connectivity index (χ2v) is 9.06. The molecule has 0 aliphatic heterocycles. The number of rotatable bonds is 11. The maximum absolute atomic E-state index is 13.2. The van der Waals surface area contributed by atoms with Crippen LogP contribution in [0.5, 0.6) is 11.5 Å². The van der Waals surface area contributed by atoms with Crippen LogP contribution in [0.1, 0.15) is 62.9 Å². The Morgan fingerprint density at radius 3 is 2.54 bits per heavy atom. The summed E-state index contributed by atoms with van der Waals surface area (Å²) >= 11 is 0. The molecule has 0 saturated heterocycles. The largest absolute Gasteiger partial charge is 0.493 e. The maximum Gasteiger partial charge on any atom is 0.252 e. The molecule has 0 radical (unpaired) electrons. The fraction of sp³-hybridized carbons (Fsp3) is 0.600. The Kier molecular flexibility index (Phi) is 8.35. The van der Waals surface area contributed by atoms with Crippen LogP contribution in [-0.2, 0) is 17.8 Å². The predicted octanol–water partition coefficient (Wildman–Crippen LogP) is 3.46. The molecule has 0 unspecified atom stereocenters. The van der Waals surface area contributed by atoms with Gasteiger partial charge in [0.2, 0.25) is 0 Å². The number of methoxy groups -OCH3 is 3. The van der Waals surface area contributed by atoms with Crippen LogP contribution in [0.2, 0.25) is 0 Å². The first-order valence-corrected chi connectivity index (χ1v) is 12.4. The summed E-state index contributed by atoms with van der Waals surface area (Å²) in [5.74, 6) is 2.03. The van der Waals surface area contributed by atoms with Crippen molar-refractivity contribution in [2.24, 2.45) is 0 Å². The van der Waals surface area contributed by atoms with Gasteiger partial charge in [-0.15, -0.1) is 5.10 Å². The molecular formula is C25H36N6O4. The minimum atomic E-state index is -0.0978. The highest BCUT2D eigenvalue weighted by atomic mass is 16.5. The first-order chi connectivity index (χ1) is 17.1. The number of tetrazole rings is 1. The molecule has 2 aromatic heterocycles. The number of ether oxygens (including phenoxy) is 3. The average molecular weight is 485 g/mol. The maximum atomic E-state index is 13.2. The van der Waals surface area contributed by atoms with Crippen LogP contribution < -0.4 is 15.0 Å². The summed E-state index contributed by atoms with van der Waals surface area (Å²) in [6.45, 7) is 3.79. The third-order valence-electron chi connectivity index (χ3n) is 6.97. The van der Waals surface area contributed by atoms with Crippen molar-refractivity contribution in [3.05, 3.63) is 39.9 Å². The molecule has 0 bridgehead atoms. The molecule has 1 saturated carbocycles. The fourth-order valence-corrected chi connectivity index (χ4v) is 5.15.